The molecule has 3 heteroatoms. The van der Waals surface area contributed by atoms with Crippen molar-refractivity contribution in [2.45, 2.75) is 56.4 Å². The number of allylic oxidation sites excluding steroid dienone is 4. The lowest BCUT2D eigenvalue weighted by Gasteiger charge is -2.48. The molecule has 9 atom stereocenters. The van der Waals surface area contributed by atoms with E-state index in [2.05, 4.69) is 52.7 Å². The van der Waals surface area contributed by atoms with E-state index < -0.39 is 0 Å². The molecule has 1 saturated heterocycles. The first-order chi connectivity index (χ1) is 16.6. The Morgan fingerprint density at radius 3 is 2.29 bits per heavy atom. The van der Waals surface area contributed by atoms with Gasteiger partial charge in [-0.25, -0.2) is 0 Å². The van der Waals surface area contributed by atoms with Crippen LogP contribution in [0.15, 0.2) is 42.5 Å². The van der Waals surface area contributed by atoms with Crippen LogP contribution in [0, 0.1) is 46.3 Å². The molecule has 0 bridgehead atoms. The Morgan fingerprint density at radius 1 is 0.882 bits per heavy atom. The summed E-state index contributed by atoms with van der Waals surface area (Å²) in [5.41, 5.74) is 4.95. The Kier molecular flexibility index (Phi) is 3.78. The minimum atomic E-state index is 0. The summed E-state index contributed by atoms with van der Waals surface area (Å²) >= 11 is 6.56. The van der Waals surface area contributed by atoms with E-state index in [4.69, 9.17) is 11.6 Å². The van der Waals surface area contributed by atoms with Crippen LogP contribution < -0.4 is 5.32 Å². The Morgan fingerprint density at radius 2 is 1.59 bits per heavy atom. The van der Waals surface area contributed by atoms with Crippen LogP contribution >= 0.6 is 11.6 Å². The van der Waals surface area contributed by atoms with Gasteiger partial charge in [-0.05, 0) is 140 Å². The fourth-order valence-corrected chi connectivity index (χ4v) is 10.7. The van der Waals surface area contributed by atoms with Crippen LogP contribution in [0.2, 0.25) is 5.02 Å². The lowest BCUT2D eigenvalue weighted by atomic mass is 9.62. The molecule has 1 heterocycles. The van der Waals surface area contributed by atoms with Gasteiger partial charge in [0.25, 0.3) is 0 Å². The largest absolute Gasteiger partial charge is 0.310 e. The van der Waals surface area contributed by atoms with Crippen molar-refractivity contribution in [3.05, 3.63) is 58.7 Å². The van der Waals surface area contributed by atoms with Crippen molar-refractivity contribution in [3.63, 3.8) is 0 Å². The van der Waals surface area contributed by atoms with Crippen LogP contribution in [0.4, 0.5) is 0 Å². The third kappa shape index (κ3) is 2.47. The van der Waals surface area contributed by atoms with Gasteiger partial charge < -0.3 is 10.2 Å². The highest BCUT2D eigenvalue weighted by atomic mass is 35.5. The van der Waals surface area contributed by atoms with Crippen molar-refractivity contribution >= 4 is 11.6 Å². The molecule has 7 aliphatic carbocycles. The number of piperidine rings is 1. The average Bonchev–Trinajstić information content (AvgIpc) is 3.65. The molecule has 0 aromatic heterocycles. The lowest BCUT2D eigenvalue weighted by Crippen LogP contribution is -2.48. The zero-order valence-electron chi connectivity index (χ0n) is 20.2. The molecule has 9 rings (SSSR count). The molecule has 1 aliphatic heterocycles. The summed E-state index contributed by atoms with van der Waals surface area (Å²) in [6.45, 7) is 5.06. The van der Waals surface area contributed by atoms with E-state index in [0.29, 0.717) is 11.5 Å². The molecular weight excluding hydrogens is 436 g/mol. The number of fused-ring (bicyclic) bond motifs is 2. The second-order valence-electron chi connectivity index (χ2n) is 13.8. The van der Waals surface area contributed by atoms with Gasteiger partial charge in [0.15, 0.2) is 0 Å². The number of nitrogens with zero attached hydrogens (tertiary/aromatic N) is 1. The maximum atomic E-state index is 6.56. The van der Waals surface area contributed by atoms with Gasteiger partial charge in [0.05, 0.1) is 0 Å². The van der Waals surface area contributed by atoms with Crippen molar-refractivity contribution in [3.8, 4) is 0 Å². The van der Waals surface area contributed by atoms with Gasteiger partial charge >= 0.3 is 0 Å². The van der Waals surface area contributed by atoms with E-state index in [0.717, 1.165) is 51.4 Å². The minimum Gasteiger partial charge on any atom is -0.310 e. The maximum absolute atomic E-state index is 6.56. The topological polar surface area (TPSA) is 15.3 Å². The number of halogens is 1. The van der Waals surface area contributed by atoms with E-state index >= 15 is 0 Å². The molecule has 180 valence electrons. The Balaban J connectivity index is 0.00000196. The Labute approximate surface area is 210 Å². The van der Waals surface area contributed by atoms with Crippen molar-refractivity contribution < 1.29 is 1.43 Å². The molecule has 34 heavy (non-hydrogen) atoms. The summed E-state index contributed by atoms with van der Waals surface area (Å²) in [5.74, 6) is 5.48. The molecule has 5 fully saturated rings. The number of rotatable bonds is 5. The zero-order chi connectivity index (χ0) is 22.3. The number of benzene rings is 1. The van der Waals surface area contributed by atoms with Crippen LogP contribution in [0.3, 0.4) is 0 Å². The van der Waals surface area contributed by atoms with Gasteiger partial charge in [0.2, 0.25) is 0 Å². The van der Waals surface area contributed by atoms with Gasteiger partial charge in [-0.15, -0.1) is 0 Å². The highest BCUT2D eigenvalue weighted by Crippen LogP contribution is 2.76. The highest BCUT2D eigenvalue weighted by Gasteiger charge is 2.69. The Bertz CT molecular complexity index is 1140. The molecular formula is C31H39ClN2. The summed E-state index contributed by atoms with van der Waals surface area (Å²) < 4.78 is 0. The van der Waals surface area contributed by atoms with Crippen molar-refractivity contribution in [1.82, 2.24) is 10.2 Å². The average molecular weight is 475 g/mol. The van der Waals surface area contributed by atoms with Crippen LogP contribution in [0.25, 0.3) is 0 Å². The fourth-order valence-electron chi connectivity index (χ4n) is 10.5. The van der Waals surface area contributed by atoms with Crippen LogP contribution in [-0.2, 0) is 5.41 Å². The molecule has 1 N–H and O–H groups in total. The molecule has 0 amide bonds. The van der Waals surface area contributed by atoms with Crippen molar-refractivity contribution in [1.29, 1.82) is 0 Å². The lowest BCUT2D eigenvalue weighted by molar-refractivity contribution is 0.0351. The standard InChI is InChI=1S/C31H37ClN2.H2/c32-23-3-4-24-27(11-23)29(16-28(24)33-17-19-12-30-14-21(30)1-5-25(19)30)7-9-34(10-8-29)18-20-13-31-15-22(31)2-6-26(20)31;/h1-6,11,19-22,25-26,28,33H,7-10,12-18H2;1H/t19?,20?,21?,22?,25?,26?,28-,30?,31?;/m0./s1. The molecule has 4 saturated carbocycles. The van der Waals surface area contributed by atoms with E-state index in [-0.39, 0.29) is 1.43 Å². The Hall–Kier alpha value is -1.09. The number of likely N-dealkylation sites (tertiary alicyclic amines) is 1. The molecule has 8 aliphatic rings. The number of hydrogen-bond acceptors (Lipinski definition) is 2. The second kappa shape index (κ2) is 6.42. The van der Waals surface area contributed by atoms with E-state index in [1.54, 1.807) is 11.1 Å². The van der Waals surface area contributed by atoms with Crippen LogP contribution in [-0.4, -0.2) is 31.1 Å². The maximum Gasteiger partial charge on any atom is 0.0409 e. The molecule has 8 unspecified atom stereocenters. The van der Waals surface area contributed by atoms with Crippen LogP contribution in [0.1, 0.15) is 63.5 Å². The summed E-state index contributed by atoms with van der Waals surface area (Å²) in [7, 11) is 0. The summed E-state index contributed by atoms with van der Waals surface area (Å²) in [6.07, 6.45) is 20.0. The predicted molar refractivity (Wildman–Crippen MR) is 139 cm³/mol. The normalized spacial score (nSPS) is 49.6. The molecule has 1 aromatic rings. The second-order valence-corrected chi connectivity index (χ2v) is 14.3. The molecule has 0 radical (unpaired) electrons. The van der Waals surface area contributed by atoms with Crippen molar-refractivity contribution in [2.75, 3.05) is 26.2 Å². The minimum absolute atomic E-state index is 0. The van der Waals surface area contributed by atoms with Crippen molar-refractivity contribution in [2.24, 2.45) is 46.3 Å². The SMILES string of the molecule is Clc1ccc2c(c1)C1(CCN(CC3CC45CC4C=CC35)CC1)C[C@@H]2NCC1CC23CC2C=CC13.[HH]. The molecule has 2 nitrogen and oxygen atoms in total. The third-order valence-electron chi connectivity index (χ3n) is 12.6. The first-order valence-electron chi connectivity index (χ1n) is 14.2. The highest BCUT2D eigenvalue weighted by molar-refractivity contribution is 6.30. The number of nitrogens with one attached hydrogen (secondary N) is 1. The number of hydrogen-bond donors (Lipinski definition) is 1. The molecule has 3 spiro atoms. The summed E-state index contributed by atoms with van der Waals surface area (Å²) in [5, 5.41) is 5.00. The van der Waals surface area contributed by atoms with Gasteiger partial charge in [-0.3, -0.25) is 0 Å². The fraction of sp³-hybridized carbons (Fsp3) is 0.677. The third-order valence-corrected chi connectivity index (χ3v) is 12.8. The molecule has 1 aromatic carbocycles. The monoisotopic (exact) mass is 474 g/mol. The summed E-state index contributed by atoms with van der Waals surface area (Å²) in [4.78, 5) is 2.81. The van der Waals surface area contributed by atoms with Crippen LogP contribution in [0.5, 0.6) is 0 Å². The van der Waals surface area contributed by atoms with Gasteiger partial charge in [-0.2, -0.15) is 0 Å². The first kappa shape index (κ1) is 20.0. The predicted octanol–water partition coefficient (Wildman–Crippen LogP) is 6.38. The quantitative estimate of drug-likeness (QED) is 0.498. The van der Waals surface area contributed by atoms with E-state index in [9.17, 15) is 0 Å². The summed E-state index contributed by atoms with van der Waals surface area (Å²) in [6, 6.07) is 7.31. The smallest absolute Gasteiger partial charge is 0.0409 e. The van der Waals surface area contributed by atoms with Gasteiger partial charge in [0.1, 0.15) is 0 Å². The van der Waals surface area contributed by atoms with Gasteiger partial charge in [-0.1, -0.05) is 42.0 Å². The van der Waals surface area contributed by atoms with Gasteiger partial charge in [0, 0.05) is 19.0 Å². The van der Waals surface area contributed by atoms with E-state index in [1.165, 1.54) is 71.1 Å². The van der Waals surface area contributed by atoms with E-state index in [1.807, 2.05) is 0 Å². The zero-order valence-corrected chi connectivity index (χ0v) is 20.9. The first-order valence-corrected chi connectivity index (χ1v) is 14.6.